The van der Waals surface area contributed by atoms with E-state index in [1.807, 2.05) is 40.1 Å². The van der Waals surface area contributed by atoms with Crippen molar-refractivity contribution in [1.82, 2.24) is 9.80 Å². The fourth-order valence-corrected chi connectivity index (χ4v) is 3.34. The molecule has 1 heterocycles. The highest BCUT2D eigenvalue weighted by atomic mass is 16.5. The Morgan fingerprint density at radius 3 is 2.26 bits per heavy atom. The Kier molecular flexibility index (Phi) is 6.47. The van der Waals surface area contributed by atoms with Crippen molar-refractivity contribution in [1.29, 1.82) is 0 Å². The molecule has 1 aliphatic heterocycles. The molecule has 142 valence electrons. The third-order valence-electron chi connectivity index (χ3n) is 4.94. The van der Waals surface area contributed by atoms with Crippen LogP contribution >= 0.6 is 0 Å². The molecule has 5 nitrogen and oxygen atoms in total. The lowest BCUT2D eigenvalue weighted by atomic mass is 10.1. The second-order valence-electron chi connectivity index (χ2n) is 6.74. The van der Waals surface area contributed by atoms with Gasteiger partial charge in [0.2, 0.25) is 5.91 Å². The van der Waals surface area contributed by atoms with Gasteiger partial charge < -0.3 is 14.5 Å². The van der Waals surface area contributed by atoms with Gasteiger partial charge in [-0.25, -0.2) is 0 Å². The highest BCUT2D eigenvalue weighted by molar-refractivity contribution is 5.94. The minimum Gasteiger partial charge on any atom is -0.497 e. The van der Waals surface area contributed by atoms with Crippen LogP contribution in [0.2, 0.25) is 0 Å². The van der Waals surface area contributed by atoms with Crippen molar-refractivity contribution in [2.24, 2.45) is 0 Å². The summed E-state index contributed by atoms with van der Waals surface area (Å²) in [6.07, 6.45) is 2.07. The van der Waals surface area contributed by atoms with E-state index in [2.05, 4.69) is 0 Å². The van der Waals surface area contributed by atoms with Crippen LogP contribution in [0.5, 0.6) is 5.75 Å². The van der Waals surface area contributed by atoms with E-state index in [1.165, 1.54) is 5.56 Å². The van der Waals surface area contributed by atoms with Crippen molar-refractivity contribution in [2.75, 3.05) is 33.3 Å². The lowest BCUT2D eigenvalue weighted by Gasteiger charge is -2.22. The summed E-state index contributed by atoms with van der Waals surface area (Å²) in [5.74, 6) is 0.909. The Hall–Kier alpha value is -2.82. The average Bonchev–Trinajstić information content (AvgIpc) is 2.98. The maximum Gasteiger partial charge on any atom is 0.253 e. The minimum absolute atomic E-state index is 0.0104. The van der Waals surface area contributed by atoms with Gasteiger partial charge in [0.1, 0.15) is 5.75 Å². The van der Waals surface area contributed by atoms with Crippen LogP contribution in [0.25, 0.3) is 0 Å². The van der Waals surface area contributed by atoms with Crippen LogP contribution in [-0.2, 0) is 11.2 Å². The molecule has 0 bridgehead atoms. The Morgan fingerprint density at radius 1 is 0.889 bits per heavy atom. The molecule has 2 aromatic carbocycles. The third kappa shape index (κ3) is 5.09. The first-order chi connectivity index (χ1) is 13.2. The fourth-order valence-electron chi connectivity index (χ4n) is 3.34. The van der Waals surface area contributed by atoms with Gasteiger partial charge in [-0.15, -0.1) is 0 Å². The number of aryl methyl sites for hydroxylation is 1. The lowest BCUT2D eigenvalue weighted by Crippen LogP contribution is -2.37. The Morgan fingerprint density at radius 2 is 1.56 bits per heavy atom. The van der Waals surface area contributed by atoms with Crippen molar-refractivity contribution in [2.45, 2.75) is 19.3 Å². The quantitative estimate of drug-likeness (QED) is 0.817. The van der Waals surface area contributed by atoms with E-state index in [4.69, 9.17) is 4.74 Å². The number of benzene rings is 2. The van der Waals surface area contributed by atoms with E-state index in [0.717, 1.165) is 18.6 Å². The Bertz CT molecular complexity index is 759. The summed E-state index contributed by atoms with van der Waals surface area (Å²) in [6, 6.07) is 17.2. The molecule has 0 N–H and O–H groups in total. The largest absolute Gasteiger partial charge is 0.497 e. The van der Waals surface area contributed by atoms with Gasteiger partial charge in [-0.3, -0.25) is 9.59 Å². The molecule has 3 rings (SSSR count). The highest BCUT2D eigenvalue weighted by Gasteiger charge is 2.22. The molecule has 0 atom stereocenters. The number of hydrogen-bond acceptors (Lipinski definition) is 3. The zero-order valence-corrected chi connectivity index (χ0v) is 15.8. The number of nitrogens with zero attached hydrogens (tertiary/aromatic N) is 2. The maximum absolute atomic E-state index is 12.7. The van der Waals surface area contributed by atoms with E-state index in [9.17, 15) is 9.59 Å². The van der Waals surface area contributed by atoms with Gasteiger partial charge in [-0.05, 0) is 42.7 Å². The van der Waals surface area contributed by atoms with Gasteiger partial charge in [0.15, 0.2) is 0 Å². The molecule has 0 radical (unpaired) electrons. The van der Waals surface area contributed by atoms with Crippen LogP contribution in [-0.4, -0.2) is 54.9 Å². The molecule has 1 saturated heterocycles. The summed E-state index contributed by atoms with van der Waals surface area (Å²) < 4.78 is 5.14. The average molecular weight is 366 g/mol. The summed E-state index contributed by atoms with van der Waals surface area (Å²) in [5, 5.41) is 0. The molecule has 2 aromatic rings. The fraction of sp³-hybridized carbons (Fsp3) is 0.364. The minimum atomic E-state index is 0.0104. The molecule has 5 heteroatoms. The number of amides is 2. The molecule has 1 fully saturated rings. The highest BCUT2D eigenvalue weighted by Crippen LogP contribution is 2.15. The van der Waals surface area contributed by atoms with Crippen molar-refractivity contribution >= 4 is 11.8 Å². The van der Waals surface area contributed by atoms with Crippen LogP contribution in [0.3, 0.4) is 0 Å². The number of rotatable bonds is 5. The SMILES string of the molecule is COc1ccc(C(=O)N2CCCN(C(=O)CCc3ccccc3)CC2)cc1. The zero-order chi connectivity index (χ0) is 19.1. The summed E-state index contributed by atoms with van der Waals surface area (Å²) in [5.41, 5.74) is 1.83. The number of carbonyl (C=O) groups is 2. The predicted molar refractivity (Wildman–Crippen MR) is 105 cm³/mol. The van der Waals surface area contributed by atoms with Crippen molar-refractivity contribution < 1.29 is 14.3 Å². The zero-order valence-electron chi connectivity index (χ0n) is 15.8. The van der Waals surface area contributed by atoms with Gasteiger partial charge in [-0.1, -0.05) is 30.3 Å². The number of carbonyl (C=O) groups excluding carboxylic acids is 2. The Labute approximate surface area is 160 Å². The van der Waals surface area contributed by atoms with E-state index in [0.29, 0.717) is 38.2 Å². The molecule has 0 aromatic heterocycles. The molecule has 0 saturated carbocycles. The predicted octanol–water partition coefficient (Wildman–Crippen LogP) is 3.00. The van der Waals surface area contributed by atoms with E-state index >= 15 is 0 Å². The van der Waals surface area contributed by atoms with Crippen molar-refractivity contribution in [3.8, 4) is 5.75 Å². The molecule has 1 aliphatic rings. The van der Waals surface area contributed by atoms with Gasteiger partial charge in [0, 0.05) is 38.2 Å². The monoisotopic (exact) mass is 366 g/mol. The molecule has 2 amide bonds. The first-order valence-electron chi connectivity index (χ1n) is 9.42. The van der Waals surface area contributed by atoms with E-state index in [1.54, 1.807) is 31.4 Å². The van der Waals surface area contributed by atoms with Gasteiger partial charge >= 0.3 is 0 Å². The van der Waals surface area contributed by atoms with Crippen LogP contribution in [0.1, 0.15) is 28.8 Å². The number of ether oxygens (including phenoxy) is 1. The first-order valence-corrected chi connectivity index (χ1v) is 9.42. The van der Waals surface area contributed by atoms with Crippen molar-refractivity contribution in [3.05, 3.63) is 65.7 Å². The van der Waals surface area contributed by atoms with Gasteiger partial charge in [-0.2, -0.15) is 0 Å². The summed E-state index contributed by atoms with van der Waals surface area (Å²) >= 11 is 0. The van der Waals surface area contributed by atoms with Gasteiger partial charge in [0.05, 0.1) is 7.11 Å². The third-order valence-corrected chi connectivity index (χ3v) is 4.94. The standard InChI is InChI=1S/C22H26N2O3/c1-27-20-11-9-19(10-12-20)22(26)24-15-5-14-23(16-17-24)21(25)13-8-18-6-3-2-4-7-18/h2-4,6-7,9-12H,5,8,13-17H2,1H3. The van der Waals surface area contributed by atoms with Crippen LogP contribution in [0, 0.1) is 0 Å². The molecule has 27 heavy (non-hydrogen) atoms. The lowest BCUT2D eigenvalue weighted by molar-refractivity contribution is -0.131. The first kappa shape index (κ1) is 19.0. The summed E-state index contributed by atoms with van der Waals surface area (Å²) in [7, 11) is 1.61. The molecule has 0 aliphatic carbocycles. The summed E-state index contributed by atoms with van der Waals surface area (Å²) in [4.78, 5) is 29.0. The smallest absolute Gasteiger partial charge is 0.253 e. The second-order valence-corrected chi connectivity index (χ2v) is 6.74. The van der Waals surface area contributed by atoms with Crippen LogP contribution in [0.15, 0.2) is 54.6 Å². The van der Waals surface area contributed by atoms with E-state index in [-0.39, 0.29) is 11.8 Å². The second kappa shape index (κ2) is 9.21. The van der Waals surface area contributed by atoms with Crippen LogP contribution < -0.4 is 4.74 Å². The maximum atomic E-state index is 12.7. The molecular weight excluding hydrogens is 340 g/mol. The van der Waals surface area contributed by atoms with Crippen molar-refractivity contribution in [3.63, 3.8) is 0 Å². The summed E-state index contributed by atoms with van der Waals surface area (Å²) in [6.45, 7) is 2.55. The molecule has 0 spiro atoms. The number of hydrogen-bond donors (Lipinski definition) is 0. The molecule has 0 unspecified atom stereocenters. The van der Waals surface area contributed by atoms with Crippen LogP contribution in [0.4, 0.5) is 0 Å². The van der Waals surface area contributed by atoms with Gasteiger partial charge in [0.25, 0.3) is 5.91 Å². The van der Waals surface area contributed by atoms with E-state index < -0.39 is 0 Å². The number of methoxy groups -OCH3 is 1. The normalized spacial score (nSPS) is 14.6. The Balaban J connectivity index is 1.53. The topological polar surface area (TPSA) is 49.9 Å². The molecular formula is C22H26N2O3.